The Bertz CT molecular complexity index is 1120. The Balaban J connectivity index is 1.32. The number of carbonyl (C=O) groups is 1. The fraction of sp³-hybridized carbons (Fsp3) is 0.174. The summed E-state index contributed by atoms with van der Waals surface area (Å²) in [6.45, 7) is 4.40. The van der Waals surface area contributed by atoms with Crippen LogP contribution < -0.4 is 10.1 Å². The maximum absolute atomic E-state index is 12.1. The molecule has 2 heterocycles. The van der Waals surface area contributed by atoms with Crippen molar-refractivity contribution in [2.45, 2.75) is 20.4 Å². The zero-order valence-corrected chi connectivity index (χ0v) is 16.3. The Morgan fingerprint density at radius 2 is 1.93 bits per heavy atom. The number of rotatable bonds is 6. The van der Waals surface area contributed by atoms with Crippen molar-refractivity contribution in [1.29, 1.82) is 0 Å². The highest BCUT2D eigenvalue weighted by molar-refractivity contribution is 5.77. The lowest BCUT2D eigenvalue weighted by atomic mass is 10.1. The normalized spacial score (nSPS) is 10.8. The first-order valence-electron chi connectivity index (χ1n) is 9.36. The molecule has 146 valence electrons. The molecule has 0 radical (unpaired) electrons. The number of amides is 1. The number of ether oxygens (including phenoxy) is 1. The lowest BCUT2D eigenvalue weighted by Crippen LogP contribution is -2.28. The van der Waals surface area contributed by atoms with Gasteiger partial charge in [0.1, 0.15) is 5.75 Å². The van der Waals surface area contributed by atoms with E-state index in [1.54, 1.807) is 6.20 Å². The van der Waals surface area contributed by atoms with E-state index < -0.39 is 0 Å². The predicted octanol–water partition coefficient (Wildman–Crippen LogP) is 4.20. The molecule has 0 aliphatic carbocycles. The SMILES string of the molecule is Cc1ccc(OCC(=O)NCc2ccc(-c3nc4ncccc4o3)cc2)c(C)c1. The summed E-state index contributed by atoms with van der Waals surface area (Å²) in [5.74, 6) is 1.08. The maximum atomic E-state index is 12.1. The monoisotopic (exact) mass is 387 g/mol. The quantitative estimate of drug-likeness (QED) is 0.536. The summed E-state index contributed by atoms with van der Waals surface area (Å²) < 4.78 is 11.3. The summed E-state index contributed by atoms with van der Waals surface area (Å²) in [7, 11) is 0. The van der Waals surface area contributed by atoms with Crippen molar-refractivity contribution in [3.63, 3.8) is 0 Å². The summed E-state index contributed by atoms with van der Waals surface area (Å²) in [6, 6.07) is 17.2. The summed E-state index contributed by atoms with van der Waals surface area (Å²) in [4.78, 5) is 20.7. The van der Waals surface area contributed by atoms with E-state index in [0.717, 1.165) is 28.0 Å². The van der Waals surface area contributed by atoms with Crippen molar-refractivity contribution in [1.82, 2.24) is 15.3 Å². The van der Waals surface area contributed by atoms with Crippen LogP contribution >= 0.6 is 0 Å². The van der Waals surface area contributed by atoms with E-state index in [-0.39, 0.29) is 12.5 Å². The van der Waals surface area contributed by atoms with E-state index in [0.29, 0.717) is 23.7 Å². The molecule has 0 unspecified atom stereocenters. The number of fused-ring (bicyclic) bond motifs is 1. The Hall–Kier alpha value is -3.67. The molecule has 4 rings (SSSR count). The van der Waals surface area contributed by atoms with Crippen LogP contribution in [0.2, 0.25) is 0 Å². The van der Waals surface area contributed by atoms with Crippen LogP contribution in [0.15, 0.2) is 65.2 Å². The van der Waals surface area contributed by atoms with Gasteiger partial charge in [0, 0.05) is 18.3 Å². The molecule has 29 heavy (non-hydrogen) atoms. The van der Waals surface area contributed by atoms with Crippen molar-refractivity contribution in [2.75, 3.05) is 6.61 Å². The second-order valence-corrected chi connectivity index (χ2v) is 6.88. The maximum Gasteiger partial charge on any atom is 0.258 e. The number of aryl methyl sites for hydroxylation is 2. The molecule has 2 aromatic heterocycles. The molecule has 0 fully saturated rings. The average molecular weight is 387 g/mol. The van der Waals surface area contributed by atoms with Gasteiger partial charge in [0.2, 0.25) is 5.89 Å². The first-order chi connectivity index (χ1) is 14.1. The van der Waals surface area contributed by atoms with Crippen LogP contribution in [0.5, 0.6) is 5.75 Å². The van der Waals surface area contributed by atoms with Crippen LogP contribution in [0.3, 0.4) is 0 Å². The molecular weight excluding hydrogens is 366 g/mol. The number of nitrogens with one attached hydrogen (secondary N) is 1. The third-order valence-electron chi connectivity index (χ3n) is 4.54. The third-order valence-corrected chi connectivity index (χ3v) is 4.54. The van der Waals surface area contributed by atoms with Gasteiger partial charge in [0.05, 0.1) is 0 Å². The molecule has 6 nitrogen and oxygen atoms in total. The zero-order chi connectivity index (χ0) is 20.2. The van der Waals surface area contributed by atoms with Crippen LogP contribution in [0, 0.1) is 13.8 Å². The topological polar surface area (TPSA) is 77.2 Å². The van der Waals surface area contributed by atoms with Crippen molar-refractivity contribution < 1.29 is 13.9 Å². The van der Waals surface area contributed by atoms with E-state index in [1.165, 1.54) is 0 Å². The smallest absolute Gasteiger partial charge is 0.258 e. The average Bonchev–Trinajstić information content (AvgIpc) is 3.16. The molecule has 0 saturated heterocycles. The van der Waals surface area contributed by atoms with Gasteiger partial charge in [-0.1, -0.05) is 29.8 Å². The van der Waals surface area contributed by atoms with Crippen LogP contribution in [-0.2, 0) is 11.3 Å². The largest absolute Gasteiger partial charge is 0.484 e. The number of pyridine rings is 1. The van der Waals surface area contributed by atoms with Crippen LogP contribution in [0.25, 0.3) is 22.7 Å². The number of hydrogen-bond donors (Lipinski definition) is 1. The fourth-order valence-corrected chi connectivity index (χ4v) is 3.01. The highest BCUT2D eigenvalue weighted by Gasteiger charge is 2.09. The van der Waals surface area contributed by atoms with Gasteiger partial charge in [-0.3, -0.25) is 4.79 Å². The van der Waals surface area contributed by atoms with Crippen LogP contribution in [-0.4, -0.2) is 22.5 Å². The molecule has 0 bridgehead atoms. The number of hydrogen-bond acceptors (Lipinski definition) is 5. The summed E-state index contributed by atoms with van der Waals surface area (Å²) in [6.07, 6.45) is 1.68. The van der Waals surface area contributed by atoms with Gasteiger partial charge in [-0.2, -0.15) is 4.98 Å². The number of carbonyl (C=O) groups excluding carboxylic acids is 1. The molecule has 6 heteroatoms. The molecule has 0 saturated carbocycles. The minimum Gasteiger partial charge on any atom is -0.484 e. The highest BCUT2D eigenvalue weighted by Crippen LogP contribution is 2.23. The summed E-state index contributed by atoms with van der Waals surface area (Å²) >= 11 is 0. The lowest BCUT2D eigenvalue weighted by molar-refractivity contribution is -0.123. The van der Waals surface area contributed by atoms with E-state index >= 15 is 0 Å². The lowest BCUT2D eigenvalue weighted by Gasteiger charge is -2.10. The van der Waals surface area contributed by atoms with Crippen molar-refractivity contribution in [3.05, 3.63) is 77.5 Å². The van der Waals surface area contributed by atoms with E-state index in [9.17, 15) is 4.79 Å². The zero-order valence-electron chi connectivity index (χ0n) is 16.3. The van der Waals surface area contributed by atoms with Gasteiger partial charge in [-0.25, -0.2) is 4.98 Å². The van der Waals surface area contributed by atoms with Crippen LogP contribution in [0.1, 0.15) is 16.7 Å². The minimum atomic E-state index is -0.168. The number of oxazole rings is 1. The number of nitrogens with zero attached hydrogens (tertiary/aromatic N) is 2. The molecule has 4 aromatic rings. The van der Waals surface area contributed by atoms with Gasteiger partial charge in [-0.15, -0.1) is 0 Å². The molecule has 0 aliphatic heterocycles. The van der Waals surface area contributed by atoms with Crippen molar-refractivity contribution in [2.24, 2.45) is 0 Å². The molecule has 0 aliphatic rings. The standard InChI is InChI=1S/C23H21N3O3/c1-15-5-10-19(16(2)12-15)28-14-21(27)25-13-17-6-8-18(9-7-17)23-26-22-20(29-23)4-3-11-24-22/h3-12H,13-14H2,1-2H3,(H,25,27). The Morgan fingerprint density at radius 3 is 2.69 bits per heavy atom. The van der Waals surface area contributed by atoms with Gasteiger partial charge < -0.3 is 14.5 Å². The van der Waals surface area contributed by atoms with E-state index in [1.807, 2.05) is 68.4 Å². The van der Waals surface area contributed by atoms with Crippen molar-refractivity contribution >= 4 is 17.1 Å². The number of benzene rings is 2. The Kier molecular flexibility index (Phi) is 5.24. The van der Waals surface area contributed by atoms with Gasteiger partial charge >= 0.3 is 0 Å². The summed E-state index contributed by atoms with van der Waals surface area (Å²) in [5, 5.41) is 2.87. The van der Waals surface area contributed by atoms with Gasteiger partial charge in [0.15, 0.2) is 17.8 Å². The predicted molar refractivity (Wildman–Crippen MR) is 110 cm³/mol. The fourth-order valence-electron chi connectivity index (χ4n) is 3.01. The second kappa shape index (κ2) is 8.14. The Morgan fingerprint density at radius 1 is 1.10 bits per heavy atom. The van der Waals surface area contributed by atoms with Crippen LogP contribution in [0.4, 0.5) is 0 Å². The Labute approximate surface area is 168 Å². The molecule has 2 aromatic carbocycles. The van der Waals surface area contributed by atoms with Crippen molar-refractivity contribution in [3.8, 4) is 17.2 Å². The van der Waals surface area contributed by atoms with E-state index in [4.69, 9.17) is 9.15 Å². The third kappa shape index (κ3) is 4.43. The molecule has 1 amide bonds. The number of aromatic nitrogens is 2. The molecular formula is C23H21N3O3. The van der Waals surface area contributed by atoms with Gasteiger partial charge in [-0.05, 0) is 55.3 Å². The highest BCUT2D eigenvalue weighted by atomic mass is 16.5. The first kappa shape index (κ1) is 18.7. The van der Waals surface area contributed by atoms with Gasteiger partial charge in [0.25, 0.3) is 5.91 Å². The first-order valence-corrected chi connectivity index (χ1v) is 9.36. The van der Waals surface area contributed by atoms with E-state index in [2.05, 4.69) is 15.3 Å². The molecule has 0 atom stereocenters. The minimum absolute atomic E-state index is 0.0160. The second-order valence-electron chi connectivity index (χ2n) is 6.88. The summed E-state index contributed by atoms with van der Waals surface area (Å²) in [5.41, 5.74) is 5.25. The molecule has 1 N–H and O–H groups in total. The molecule has 0 spiro atoms.